The molecular formula is C30H47O2P. The molecule has 0 aliphatic rings. The second-order valence-corrected chi connectivity index (χ2v) is 9.67. The monoisotopic (exact) mass is 470 g/mol. The number of hydrogen-bond acceptors (Lipinski definition) is 2. The molecule has 0 bridgehead atoms. The highest BCUT2D eigenvalue weighted by Crippen LogP contribution is 2.26. The maximum absolute atomic E-state index is 12.6. The van der Waals surface area contributed by atoms with E-state index in [1.807, 2.05) is 0 Å². The predicted octanol–water partition coefficient (Wildman–Crippen LogP) is 8.72. The van der Waals surface area contributed by atoms with Crippen LogP contribution in [0.1, 0.15) is 109 Å². The first-order valence-corrected chi connectivity index (χ1v) is 13.6. The Bertz CT molecular complexity index is 776. The third-order valence-corrected chi connectivity index (χ3v) is 6.72. The molecule has 3 atom stereocenters. The molecule has 0 heterocycles. The topological polar surface area (TPSA) is 26.3 Å². The van der Waals surface area contributed by atoms with Crippen LogP contribution in [0.15, 0.2) is 54.2 Å². The summed E-state index contributed by atoms with van der Waals surface area (Å²) in [7, 11) is 2.78. The van der Waals surface area contributed by atoms with Crippen molar-refractivity contribution < 1.29 is 9.53 Å². The van der Waals surface area contributed by atoms with Crippen molar-refractivity contribution in [3.63, 3.8) is 0 Å². The van der Waals surface area contributed by atoms with Gasteiger partial charge in [-0.25, -0.2) is 0 Å². The number of esters is 1. The lowest BCUT2D eigenvalue weighted by Gasteiger charge is -2.20. The molecule has 3 unspecified atom stereocenters. The third-order valence-electron chi connectivity index (χ3n) is 6.09. The first-order chi connectivity index (χ1) is 15.9. The van der Waals surface area contributed by atoms with Crippen molar-refractivity contribution in [1.29, 1.82) is 0 Å². The molecule has 0 aliphatic heterocycles. The summed E-state index contributed by atoms with van der Waals surface area (Å²) in [6.45, 7) is 10.7. The van der Waals surface area contributed by atoms with Gasteiger partial charge < -0.3 is 4.74 Å². The molecular weight excluding hydrogens is 423 g/mol. The summed E-state index contributed by atoms with van der Waals surface area (Å²) in [5, 5.41) is 1.17. The minimum absolute atomic E-state index is 0.0613. The van der Waals surface area contributed by atoms with Crippen LogP contribution in [0.4, 0.5) is 0 Å². The zero-order valence-electron chi connectivity index (χ0n) is 21.7. The van der Waals surface area contributed by atoms with Crippen molar-refractivity contribution in [1.82, 2.24) is 0 Å². The summed E-state index contributed by atoms with van der Waals surface area (Å²) >= 11 is 0. The predicted molar refractivity (Wildman–Crippen MR) is 148 cm³/mol. The number of aryl methyl sites for hydroxylation is 1. The Balaban J connectivity index is 2.59. The van der Waals surface area contributed by atoms with Gasteiger partial charge in [0.25, 0.3) is 0 Å². The fourth-order valence-electron chi connectivity index (χ4n) is 4.14. The highest BCUT2D eigenvalue weighted by atomic mass is 31.0. The lowest BCUT2D eigenvalue weighted by atomic mass is 9.90. The summed E-state index contributed by atoms with van der Waals surface area (Å²) in [5.74, 6) is 0.601. The molecule has 3 heteroatoms. The van der Waals surface area contributed by atoms with E-state index in [9.17, 15) is 4.79 Å². The van der Waals surface area contributed by atoms with E-state index in [1.54, 1.807) is 0 Å². The van der Waals surface area contributed by atoms with Gasteiger partial charge in [0.15, 0.2) is 0 Å². The molecule has 184 valence electrons. The van der Waals surface area contributed by atoms with Crippen LogP contribution in [0.25, 0.3) is 0 Å². The molecule has 33 heavy (non-hydrogen) atoms. The van der Waals surface area contributed by atoms with Crippen molar-refractivity contribution in [3.8, 4) is 0 Å². The summed E-state index contributed by atoms with van der Waals surface area (Å²) < 4.78 is 5.92. The SMILES string of the molecule is C\C=C/C(=C\C=C\CC)CCC(CCC)CCCC(=O)OC(CCC)c1ccc(C)c(P)c1. The molecule has 1 rings (SSSR count). The number of carbonyl (C=O) groups excluding carboxylic acids is 1. The lowest BCUT2D eigenvalue weighted by molar-refractivity contribution is -0.150. The second-order valence-electron chi connectivity index (χ2n) is 9.05. The van der Waals surface area contributed by atoms with E-state index < -0.39 is 0 Å². The summed E-state index contributed by atoms with van der Waals surface area (Å²) in [5.41, 5.74) is 3.72. The molecule has 0 saturated carbocycles. The van der Waals surface area contributed by atoms with Crippen LogP contribution < -0.4 is 5.30 Å². The van der Waals surface area contributed by atoms with Gasteiger partial charge in [0, 0.05) is 6.42 Å². The van der Waals surface area contributed by atoms with E-state index in [-0.39, 0.29) is 12.1 Å². The number of rotatable bonds is 16. The Kier molecular flexibility index (Phi) is 15.8. The molecule has 2 nitrogen and oxygen atoms in total. The first-order valence-electron chi connectivity index (χ1n) is 13.0. The maximum Gasteiger partial charge on any atom is 0.306 e. The standard InChI is InChI=1S/C30H47O2P/c1-6-10-11-16-25(13-7-2)20-21-26(14-8-3)17-12-18-30(31)32-28(15-9-4)27-22-19-24(5)29(33)23-27/h7,10-11,13,16,19,22-23,26,28H,6,8-9,12,14-15,17-18,20-21,33H2,1-5H3/b11-10+,13-7-,25-16+. The zero-order valence-corrected chi connectivity index (χ0v) is 22.9. The zero-order chi connectivity index (χ0) is 24.5. The van der Waals surface area contributed by atoms with Crippen LogP contribution in [0.3, 0.4) is 0 Å². The molecule has 0 aromatic heterocycles. The highest BCUT2D eigenvalue weighted by molar-refractivity contribution is 7.27. The molecule has 0 N–H and O–H groups in total. The number of ether oxygens (including phenoxy) is 1. The van der Waals surface area contributed by atoms with Gasteiger partial charge in [-0.05, 0) is 86.4 Å². The van der Waals surface area contributed by atoms with Gasteiger partial charge >= 0.3 is 5.97 Å². The Labute approximate surface area is 206 Å². The normalized spacial score (nSPS) is 14.2. The average Bonchev–Trinajstić information content (AvgIpc) is 2.79. The lowest BCUT2D eigenvalue weighted by Crippen LogP contribution is -2.13. The average molecular weight is 471 g/mol. The second kappa shape index (κ2) is 17.8. The molecule has 1 aromatic carbocycles. The van der Waals surface area contributed by atoms with Crippen LogP contribution in [-0.2, 0) is 9.53 Å². The van der Waals surface area contributed by atoms with Gasteiger partial charge in [0.2, 0.25) is 0 Å². The van der Waals surface area contributed by atoms with Crippen LogP contribution in [0, 0.1) is 12.8 Å². The Morgan fingerprint density at radius 3 is 2.45 bits per heavy atom. The number of allylic oxidation sites excluding steroid dienone is 6. The van der Waals surface area contributed by atoms with Crippen LogP contribution in [-0.4, -0.2) is 5.97 Å². The number of carbonyl (C=O) groups is 1. The largest absolute Gasteiger partial charge is 0.457 e. The number of hydrogen-bond donors (Lipinski definition) is 0. The molecule has 0 radical (unpaired) electrons. The first kappa shape index (κ1) is 29.4. The van der Waals surface area contributed by atoms with Gasteiger partial charge in [-0.3, -0.25) is 4.79 Å². The van der Waals surface area contributed by atoms with E-state index in [0.29, 0.717) is 12.3 Å². The van der Waals surface area contributed by atoms with Crippen molar-refractivity contribution in [2.45, 2.75) is 105 Å². The summed E-state index contributed by atoms with van der Waals surface area (Å²) in [6, 6.07) is 6.34. The Hall–Kier alpha value is -1.66. The van der Waals surface area contributed by atoms with E-state index >= 15 is 0 Å². The summed E-state index contributed by atoms with van der Waals surface area (Å²) in [6.07, 6.45) is 20.9. The summed E-state index contributed by atoms with van der Waals surface area (Å²) in [4.78, 5) is 12.6. The minimum atomic E-state index is -0.140. The maximum atomic E-state index is 12.6. The fraction of sp³-hybridized carbons (Fsp3) is 0.567. The van der Waals surface area contributed by atoms with Gasteiger partial charge in [-0.2, -0.15) is 0 Å². The fourth-order valence-corrected chi connectivity index (χ4v) is 4.43. The van der Waals surface area contributed by atoms with Crippen molar-refractivity contribution in [3.05, 3.63) is 65.3 Å². The smallest absolute Gasteiger partial charge is 0.306 e. The van der Waals surface area contributed by atoms with E-state index in [0.717, 1.165) is 44.1 Å². The Morgan fingerprint density at radius 1 is 1.06 bits per heavy atom. The van der Waals surface area contributed by atoms with Crippen LogP contribution in [0.5, 0.6) is 0 Å². The van der Waals surface area contributed by atoms with Gasteiger partial charge in [-0.15, -0.1) is 9.24 Å². The van der Waals surface area contributed by atoms with Crippen LogP contribution >= 0.6 is 9.24 Å². The molecule has 0 fully saturated rings. The van der Waals surface area contributed by atoms with Crippen molar-refractivity contribution in [2.24, 2.45) is 5.92 Å². The Morgan fingerprint density at radius 2 is 1.82 bits per heavy atom. The van der Waals surface area contributed by atoms with Crippen LogP contribution in [0.2, 0.25) is 0 Å². The van der Waals surface area contributed by atoms with E-state index in [1.165, 1.54) is 35.7 Å². The van der Waals surface area contributed by atoms with Crippen molar-refractivity contribution >= 4 is 20.5 Å². The quantitative estimate of drug-likeness (QED) is 0.137. The minimum Gasteiger partial charge on any atom is -0.457 e. The molecule has 1 aromatic rings. The van der Waals surface area contributed by atoms with Crippen molar-refractivity contribution in [2.75, 3.05) is 0 Å². The third kappa shape index (κ3) is 12.4. The van der Waals surface area contributed by atoms with Gasteiger partial charge in [-0.1, -0.05) is 82.5 Å². The van der Waals surface area contributed by atoms with Gasteiger partial charge in [0.05, 0.1) is 0 Å². The van der Waals surface area contributed by atoms with Gasteiger partial charge in [0.1, 0.15) is 6.10 Å². The molecule has 0 amide bonds. The molecule has 0 aliphatic carbocycles. The van der Waals surface area contributed by atoms with E-state index in [2.05, 4.69) is 92.4 Å². The molecule has 0 saturated heterocycles. The molecule has 0 spiro atoms. The highest BCUT2D eigenvalue weighted by Gasteiger charge is 2.17. The number of benzene rings is 1. The van der Waals surface area contributed by atoms with E-state index in [4.69, 9.17) is 4.74 Å².